The van der Waals surface area contributed by atoms with Crippen molar-refractivity contribution >= 4 is 22.5 Å². The molecule has 4 rings (SSSR count). The Balaban J connectivity index is 1.61. The van der Waals surface area contributed by atoms with Crippen molar-refractivity contribution in [2.75, 3.05) is 5.32 Å². The van der Waals surface area contributed by atoms with E-state index in [4.69, 9.17) is 0 Å². The lowest BCUT2D eigenvalue weighted by Gasteiger charge is -2.05. The van der Waals surface area contributed by atoms with Crippen molar-refractivity contribution in [3.63, 3.8) is 0 Å². The van der Waals surface area contributed by atoms with Gasteiger partial charge in [0.2, 0.25) is 0 Å². The summed E-state index contributed by atoms with van der Waals surface area (Å²) in [5.74, 6) is -0.303. The predicted molar refractivity (Wildman–Crippen MR) is 111 cm³/mol. The van der Waals surface area contributed by atoms with Crippen molar-refractivity contribution in [3.8, 4) is 11.3 Å². The average molecular weight is 372 g/mol. The fourth-order valence-corrected chi connectivity index (χ4v) is 3.16. The van der Waals surface area contributed by atoms with Crippen LogP contribution < -0.4 is 10.9 Å². The summed E-state index contributed by atoms with van der Waals surface area (Å²) in [4.78, 5) is 27.3. The van der Waals surface area contributed by atoms with Gasteiger partial charge in [0.1, 0.15) is 0 Å². The van der Waals surface area contributed by atoms with Crippen LogP contribution in [0.5, 0.6) is 0 Å². The maximum absolute atomic E-state index is 12.7. The van der Waals surface area contributed by atoms with E-state index in [2.05, 4.69) is 15.4 Å². The molecule has 0 saturated carbocycles. The fourth-order valence-electron chi connectivity index (χ4n) is 3.16. The molecule has 0 bridgehead atoms. The van der Waals surface area contributed by atoms with Crippen LogP contribution >= 0.6 is 0 Å². The molecule has 0 saturated heterocycles. The van der Waals surface area contributed by atoms with Crippen molar-refractivity contribution < 1.29 is 4.79 Å². The molecule has 0 fully saturated rings. The highest BCUT2D eigenvalue weighted by Gasteiger charge is 2.14. The van der Waals surface area contributed by atoms with Crippen LogP contribution in [-0.2, 0) is 7.05 Å². The molecule has 0 radical (unpaired) electrons. The Morgan fingerprint density at radius 2 is 1.79 bits per heavy atom. The molecule has 140 valence electrons. The van der Waals surface area contributed by atoms with E-state index in [1.165, 1.54) is 5.56 Å². The van der Waals surface area contributed by atoms with E-state index in [9.17, 15) is 9.59 Å². The number of anilines is 1. The highest BCUT2D eigenvalue weighted by Crippen LogP contribution is 2.22. The number of aromatic nitrogens is 3. The molecule has 2 heterocycles. The van der Waals surface area contributed by atoms with Gasteiger partial charge in [-0.15, -0.1) is 0 Å². The van der Waals surface area contributed by atoms with Crippen LogP contribution in [0, 0.1) is 13.8 Å². The summed E-state index contributed by atoms with van der Waals surface area (Å²) in [6.45, 7) is 3.80. The van der Waals surface area contributed by atoms with Crippen LogP contribution in [0.1, 0.15) is 21.6 Å². The third kappa shape index (κ3) is 3.32. The van der Waals surface area contributed by atoms with E-state index in [0.717, 1.165) is 16.6 Å². The Morgan fingerprint density at radius 3 is 2.54 bits per heavy atom. The van der Waals surface area contributed by atoms with Gasteiger partial charge >= 0.3 is 0 Å². The number of hydrogen-bond acceptors (Lipinski definition) is 3. The maximum atomic E-state index is 12.7. The lowest BCUT2D eigenvalue weighted by molar-refractivity contribution is 0.102. The summed E-state index contributed by atoms with van der Waals surface area (Å²) in [5, 5.41) is 8.10. The number of carbonyl (C=O) groups is 1. The third-order valence-corrected chi connectivity index (χ3v) is 4.75. The molecule has 4 aromatic rings. The summed E-state index contributed by atoms with van der Waals surface area (Å²) < 4.78 is 1.69. The van der Waals surface area contributed by atoms with E-state index >= 15 is 0 Å². The van der Waals surface area contributed by atoms with Gasteiger partial charge in [0.15, 0.2) is 5.69 Å². The molecule has 6 nitrogen and oxygen atoms in total. The largest absolute Gasteiger partial charge is 0.322 e. The van der Waals surface area contributed by atoms with Crippen LogP contribution in [0.4, 0.5) is 5.69 Å². The smallest absolute Gasteiger partial charge is 0.276 e. The first-order chi connectivity index (χ1) is 13.4. The number of benzene rings is 2. The molecule has 2 aromatic heterocycles. The Kier molecular flexibility index (Phi) is 4.31. The minimum Gasteiger partial charge on any atom is -0.322 e. The van der Waals surface area contributed by atoms with Gasteiger partial charge in [-0.3, -0.25) is 14.3 Å². The summed E-state index contributed by atoms with van der Waals surface area (Å²) in [5.41, 5.74) is 5.16. The normalized spacial score (nSPS) is 11.0. The molecule has 0 aliphatic carbocycles. The Bertz CT molecular complexity index is 1250. The molecule has 0 unspecified atom stereocenters. The second-order valence-corrected chi connectivity index (χ2v) is 6.94. The first kappa shape index (κ1) is 17.7. The van der Waals surface area contributed by atoms with Crippen LogP contribution in [0.3, 0.4) is 0 Å². The van der Waals surface area contributed by atoms with Gasteiger partial charge in [0.25, 0.3) is 11.5 Å². The van der Waals surface area contributed by atoms with E-state index in [1.807, 2.05) is 56.4 Å². The number of aromatic amines is 1. The summed E-state index contributed by atoms with van der Waals surface area (Å²) in [7, 11) is 1.81. The minimum atomic E-state index is -0.303. The Hall–Kier alpha value is -3.67. The molecule has 1 amide bonds. The quantitative estimate of drug-likeness (QED) is 0.574. The molecular formula is C22H20N4O2. The number of pyridine rings is 1. The van der Waals surface area contributed by atoms with Crippen LogP contribution in [-0.4, -0.2) is 20.7 Å². The predicted octanol–water partition coefficient (Wildman–Crippen LogP) is 3.80. The van der Waals surface area contributed by atoms with Gasteiger partial charge in [-0.2, -0.15) is 5.10 Å². The van der Waals surface area contributed by atoms with Crippen molar-refractivity contribution in [2.45, 2.75) is 13.8 Å². The van der Waals surface area contributed by atoms with Gasteiger partial charge < -0.3 is 10.3 Å². The summed E-state index contributed by atoms with van der Waals surface area (Å²) in [6.07, 6.45) is 0. The van der Waals surface area contributed by atoms with Crippen molar-refractivity contribution in [1.29, 1.82) is 0 Å². The summed E-state index contributed by atoms with van der Waals surface area (Å²) >= 11 is 0. The number of amides is 1. The first-order valence-corrected chi connectivity index (χ1v) is 8.97. The number of nitrogens with zero attached hydrogens (tertiary/aromatic N) is 2. The lowest BCUT2D eigenvalue weighted by atomic mass is 10.1. The molecule has 2 N–H and O–H groups in total. The molecular weight excluding hydrogens is 352 g/mol. The molecule has 0 spiro atoms. The fraction of sp³-hybridized carbons (Fsp3) is 0.136. The second-order valence-electron chi connectivity index (χ2n) is 6.94. The van der Waals surface area contributed by atoms with E-state index in [-0.39, 0.29) is 11.5 Å². The molecule has 0 atom stereocenters. The Labute approximate surface area is 161 Å². The Morgan fingerprint density at radius 1 is 1.04 bits per heavy atom. The highest BCUT2D eigenvalue weighted by molar-refractivity contribution is 6.04. The standard InChI is InChI=1S/C22H20N4O2/c1-13-4-6-15(7-5-13)20-12-19(25-26(20)3)22(28)23-17-9-8-16-10-14(2)21(27)24-18(16)11-17/h4-12H,1-3H3,(H,23,28)(H,24,27). The first-order valence-electron chi connectivity index (χ1n) is 8.97. The van der Waals surface area contributed by atoms with E-state index < -0.39 is 0 Å². The number of nitrogens with one attached hydrogen (secondary N) is 2. The zero-order valence-electron chi connectivity index (χ0n) is 15.9. The zero-order chi connectivity index (χ0) is 19.8. The van der Waals surface area contributed by atoms with Gasteiger partial charge in [-0.25, -0.2) is 0 Å². The van der Waals surface area contributed by atoms with Crippen LogP contribution in [0.15, 0.2) is 59.4 Å². The lowest BCUT2D eigenvalue weighted by Crippen LogP contribution is -2.13. The number of H-pyrrole nitrogens is 1. The number of aryl methyl sites for hydroxylation is 3. The van der Waals surface area contributed by atoms with Crippen molar-refractivity contribution in [1.82, 2.24) is 14.8 Å². The van der Waals surface area contributed by atoms with E-state index in [1.54, 1.807) is 23.7 Å². The molecule has 0 aliphatic rings. The van der Waals surface area contributed by atoms with Gasteiger partial charge in [0, 0.05) is 18.3 Å². The van der Waals surface area contributed by atoms with Gasteiger partial charge in [-0.1, -0.05) is 35.9 Å². The summed E-state index contributed by atoms with van der Waals surface area (Å²) in [6, 6.07) is 17.1. The maximum Gasteiger partial charge on any atom is 0.276 e. The molecule has 2 aromatic carbocycles. The zero-order valence-corrected chi connectivity index (χ0v) is 15.9. The van der Waals surface area contributed by atoms with Crippen molar-refractivity contribution in [3.05, 3.63) is 81.8 Å². The highest BCUT2D eigenvalue weighted by atomic mass is 16.2. The molecule has 6 heteroatoms. The monoisotopic (exact) mass is 372 g/mol. The third-order valence-electron chi connectivity index (χ3n) is 4.75. The number of rotatable bonds is 3. The van der Waals surface area contributed by atoms with Gasteiger partial charge in [0.05, 0.1) is 11.2 Å². The number of hydrogen-bond donors (Lipinski definition) is 2. The van der Waals surface area contributed by atoms with Crippen LogP contribution in [0.25, 0.3) is 22.2 Å². The SMILES string of the molecule is Cc1ccc(-c2cc(C(=O)Nc3ccc4cc(C)c(=O)[nH]c4c3)nn2C)cc1. The number of carbonyl (C=O) groups excluding carboxylic acids is 1. The van der Waals surface area contributed by atoms with Gasteiger partial charge in [-0.05, 0) is 49.1 Å². The number of fused-ring (bicyclic) bond motifs is 1. The topological polar surface area (TPSA) is 79.8 Å². The molecule has 0 aliphatic heterocycles. The second kappa shape index (κ2) is 6.81. The average Bonchev–Trinajstić information content (AvgIpc) is 3.05. The molecule has 28 heavy (non-hydrogen) atoms. The minimum absolute atomic E-state index is 0.136. The van der Waals surface area contributed by atoms with E-state index in [0.29, 0.717) is 22.5 Å². The van der Waals surface area contributed by atoms with Crippen LogP contribution in [0.2, 0.25) is 0 Å². The van der Waals surface area contributed by atoms with Crippen molar-refractivity contribution in [2.24, 2.45) is 7.05 Å².